The summed E-state index contributed by atoms with van der Waals surface area (Å²) in [5, 5.41) is 7.10. The molecule has 0 aromatic heterocycles. The minimum Gasteiger partial charge on any atom is -0.347 e. The van der Waals surface area contributed by atoms with Gasteiger partial charge >= 0.3 is 0 Å². The largest absolute Gasteiger partial charge is 0.347 e. The lowest BCUT2D eigenvalue weighted by Crippen LogP contribution is -2.45. The Labute approximate surface area is 114 Å². The number of hydrogen-bond donors (Lipinski definition) is 2. The minimum atomic E-state index is 0.0690. The van der Waals surface area contributed by atoms with Gasteiger partial charge in [-0.1, -0.05) is 38.0 Å². The van der Waals surface area contributed by atoms with Gasteiger partial charge in [-0.25, -0.2) is 0 Å². The molecule has 0 spiro atoms. The van der Waals surface area contributed by atoms with E-state index in [0.717, 1.165) is 19.4 Å². The van der Waals surface area contributed by atoms with Crippen molar-refractivity contribution in [2.24, 2.45) is 10.1 Å². The van der Waals surface area contributed by atoms with E-state index < -0.39 is 0 Å². The Bertz CT molecular complexity index is 423. The lowest BCUT2D eigenvalue weighted by molar-refractivity contribution is 0.172. The molecule has 3 aliphatic rings. The van der Waals surface area contributed by atoms with Crippen LogP contribution >= 0.6 is 0 Å². The van der Waals surface area contributed by atoms with Crippen molar-refractivity contribution in [3.05, 3.63) is 23.3 Å². The highest BCUT2D eigenvalue weighted by atomic mass is 16.7. The molecule has 0 fully saturated rings. The van der Waals surface area contributed by atoms with Crippen molar-refractivity contribution >= 4 is 12.2 Å². The maximum Gasteiger partial charge on any atom is 0.247 e. The first-order valence-corrected chi connectivity index (χ1v) is 6.99. The van der Waals surface area contributed by atoms with Gasteiger partial charge in [0.2, 0.25) is 5.90 Å². The van der Waals surface area contributed by atoms with Crippen molar-refractivity contribution in [1.29, 1.82) is 0 Å². The second-order valence-electron chi connectivity index (χ2n) is 4.75. The highest BCUT2D eigenvalue weighted by Gasteiger charge is 2.28. The van der Waals surface area contributed by atoms with Gasteiger partial charge in [0.15, 0.2) is 0 Å². The van der Waals surface area contributed by atoms with Gasteiger partial charge in [0.25, 0.3) is 0 Å². The lowest BCUT2D eigenvalue weighted by atomic mass is 9.87. The number of rotatable bonds is 1. The summed E-state index contributed by atoms with van der Waals surface area (Å²) in [6, 6.07) is 0.0690. The van der Waals surface area contributed by atoms with Crippen molar-refractivity contribution < 1.29 is 4.84 Å². The fraction of sp³-hybridized carbons (Fsp3) is 0.571. The standard InChI is InChI=1S/C11H14N4O.C3H8/c1-2-4-9-8(3-1)5-6-12-10(9)11-13-7-14-15-16-11;1-3-2/h2,4,7,10,12,15H,1,3,5-6H2;3H2,1-2H3. The summed E-state index contributed by atoms with van der Waals surface area (Å²) in [6.45, 7) is 5.23. The molecule has 19 heavy (non-hydrogen) atoms. The molecule has 0 saturated heterocycles. The summed E-state index contributed by atoms with van der Waals surface area (Å²) < 4.78 is 0. The molecule has 1 unspecified atom stereocenters. The predicted octanol–water partition coefficient (Wildman–Crippen LogP) is 2.29. The van der Waals surface area contributed by atoms with Crippen LogP contribution in [0.1, 0.15) is 39.5 Å². The summed E-state index contributed by atoms with van der Waals surface area (Å²) in [6.07, 6.45) is 10.6. The summed E-state index contributed by atoms with van der Waals surface area (Å²) in [5.74, 6) is 0.647. The molecule has 2 aliphatic heterocycles. The molecule has 2 heterocycles. The van der Waals surface area contributed by atoms with Crippen molar-refractivity contribution in [3.63, 3.8) is 0 Å². The maximum atomic E-state index is 5.24. The number of hydrogen-bond acceptors (Lipinski definition) is 5. The van der Waals surface area contributed by atoms with Crippen molar-refractivity contribution in [3.8, 4) is 0 Å². The third-order valence-corrected chi connectivity index (χ3v) is 3.10. The highest BCUT2D eigenvalue weighted by molar-refractivity contribution is 5.92. The molecule has 0 saturated carbocycles. The fourth-order valence-corrected chi connectivity index (χ4v) is 2.34. The van der Waals surface area contributed by atoms with Gasteiger partial charge in [-0.2, -0.15) is 4.99 Å². The van der Waals surface area contributed by atoms with Crippen LogP contribution in [0.2, 0.25) is 0 Å². The number of nitrogens with zero attached hydrogens (tertiary/aromatic N) is 2. The molecule has 1 aliphatic carbocycles. The van der Waals surface area contributed by atoms with Crippen LogP contribution in [0.5, 0.6) is 0 Å². The zero-order valence-electron chi connectivity index (χ0n) is 11.6. The molecule has 0 bridgehead atoms. The minimum absolute atomic E-state index is 0.0690. The van der Waals surface area contributed by atoms with Gasteiger partial charge in [-0.05, 0) is 31.4 Å². The van der Waals surface area contributed by atoms with Crippen LogP contribution in [0.15, 0.2) is 33.4 Å². The van der Waals surface area contributed by atoms with Crippen molar-refractivity contribution in [2.45, 2.75) is 45.6 Å². The monoisotopic (exact) mass is 262 g/mol. The van der Waals surface area contributed by atoms with E-state index in [-0.39, 0.29) is 6.04 Å². The van der Waals surface area contributed by atoms with Crippen LogP contribution in [-0.2, 0) is 4.84 Å². The SMILES string of the molecule is C1=CC2=C(CC1)CCNC2C1=NC=NNO1.CCC. The second-order valence-corrected chi connectivity index (χ2v) is 4.75. The summed E-state index contributed by atoms with van der Waals surface area (Å²) in [5.41, 5.74) is 5.32. The van der Waals surface area contributed by atoms with Crippen LogP contribution in [0.3, 0.4) is 0 Å². The summed E-state index contributed by atoms with van der Waals surface area (Å²) in [4.78, 5) is 9.39. The van der Waals surface area contributed by atoms with E-state index in [4.69, 9.17) is 4.84 Å². The van der Waals surface area contributed by atoms with Crippen molar-refractivity contribution in [2.75, 3.05) is 6.54 Å². The Hall–Kier alpha value is -1.62. The summed E-state index contributed by atoms with van der Waals surface area (Å²) >= 11 is 0. The van der Waals surface area contributed by atoms with Crippen LogP contribution in [0.25, 0.3) is 0 Å². The van der Waals surface area contributed by atoms with E-state index in [1.807, 2.05) is 0 Å². The molecular formula is C14H22N4O. The Balaban J connectivity index is 0.000000408. The van der Waals surface area contributed by atoms with Gasteiger partial charge in [-0.3, -0.25) is 0 Å². The third kappa shape index (κ3) is 3.44. The van der Waals surface area contributed by atoms with Crippen LogP contribution in [-0.4, -0.2) is 24.8 Å². The lowest BCUT2D eigenvalue weighted by Gasteiger charge is -2.30. The number of nitrogens with one attached hydrogen (secondary N) is 2. The Morgan fingerprint density at radius 3 is 2.95 bits per heavy atom. The zero-order valence-corrected chi connectivity index (χ0v) is 11.6. The third-order valence-electron chi connectivity index (χ3n) is 3.10. The normalized spacial score (nSPS) is 24.5. The predicted molar refractivity (Wildman–Crippen MR) is 77.9 cm³/mol. The Morgan fingerprint density at radius 1 is 1.37 bits per heavy atom. The molecule has 0 amide bonds. The van der Waals surface area contributed by atoms with Gasteiger partial charge in [0, 0.05) is 0 Å². The molecule has 0 radical (unpaired) electrons. The molecule has 5 heteroatoms. The van der Waals surface area contributed by atoms with Crippen LogP contribution in [0.4, 0.5) is 0 Å². The van der Waals surface area contributed by atoms with E-state index in [2.05, 4.69) is 47.0 Å². The van der Waals surface area contributed by atoms with E-state index in [1.54, 1.807) is 0 Å². The van der Waals surface area contributed by atoms with Gasteiger partial charge in [-0.15, -0.1) is 10.7 Å². The number of allylic oxidation sites excluding steroid dienone is 1. The molecule has 1 atom stereocenters. The van der Waals surface area contributed by atoms with Gasteiger partial charge in [0.1, 0.15) is 12.4 Å². The average Bonchev–Trinajstić information content (AvgIpc) is 2.48. The Morgan fingerprint density at radius 2 is 2.21 bits per heavy atom. The molecular weight excluding hydrogens is 240 g/mol. The van der Waals surface area contributed by atoms with E-state index >= 15 is 0 Å². The molecule has 104 valence electrons. The molecule has 0 aromatic rings. The Kier molecular flexibility index (Phi) is 5.15. The van der Waals surface area contributed by atoms with Gasteiger partial charge in [0.05, 0.1) is 0 Å². The van der Waals surface area contributed by atoms with Crippen molar-refractivity contribution in [1.82, 2.24) is 10.9 Å². The molecule has 0 aromatic carbocycles. The average molecular weight is 262 g/mol. The van der Waals surface area contributed by atoms with Crippen LogP contribution in [0, 0.1) is 0 Å². The summed E-state index contributed by atoms with van der Waals surface area (Å²) in [7, 11) is 0. The quantitative estimate of drug-likeness (QED) is 0.762. The van der Waals surface area contributed by atoms with E-state index in [0.29, 0.717) is 5.90 Å². The maximum absolute atomic E-state index is 5.24. The topological polar surface area (TPSA) is 58.0 Å². The molecule has 3 rings (SSSR count). The number of hydrazone groups is 1. The fourth-order valence-electron chi connectivity index (χ4n) is 2.34. The second kappa shape index (κ2) is 7.09. The first-order valence-electron chi connectivity index (χ1n) is 6.99. The van der Waals surface area contributed by atoms with E-state index in [9.17, 15) is 0 Å². The van der Waals surface area contributed by atoms with E-state index in [1.165, 1.54) is 30.3 Å². The number of aliphatic imine (C=N–C) groups is 1. The zero-order chi connectivity index (χ0) is 13.5. The first kappa shape index (κ1) is 13.8. The highest BCUT2D eigenvalue weighted by Crippen LogP contribution is 2.27. The smallest absolute Gasteiger partial charge is 0.247 e. The van der Waals surface area contributed by atoms with Gasteiger partial charge < -0.3 is 10.2 Å². The molecule has 2 N–H and O–H groups in total. The first-order chi connectivity index (χ1) is 9.36. The molecule has 5 nitrogen and oxygen atoms in total. The van der Waals surface area contributed by atoms with Crippen LogP contribution < -0.4 is 10.9 Å².